The summed E-state index contributed by atoms with van der Waals surface area (Å²) in [5.41, 5.74) is 5.22. The number of benzene rings is 1. The third kappa shape index (κ3) is 7.98. The standard InChI is InChI=1S/C17H27N2O9P/c1-11(2)17(28-16(20)5-8-29(23,24)25)12-9-15(27-7-4-6-18)14(26-3)10-13(12)19(21)22/h9-11,17H,4-8,18H2,1-3H3,(H2,23,24,25). The van der Waals surface area contributed by atoms with Gasteiger partial charge in [0.1, 0.15) is 6.10 Å². The Morgan fingerprint density at radius 3 is 2.45 bits per heavy atom. The molecule has 0 radical (unpaired) electrons. The van der Waals surface area contributed by atoms with Crippen molar-refractivity contribution in [2.24, 2.45) is 11.7 Å². The van der Waals surface area contributed by atoms with Gasteiger partial charge in [0.25, 0.3) is 5.69 Å². The molecule has 1 unspecified atom stereocenters. The number of ether oxygens (including phenoxy) is 3. The number of hydrogen-bond acceptors (Lipinski definition) is 8. The number of nitro benzene ring substituents is 1. The molecule has 12 heteroatoms. The van der Waals surface area contributed by atoms with E-state index in [1.807, 2.05) is 0 Å². The average Bonchev–Trinajstić information content (AvgIpc) is 2.63. The third-order valence-electron chi connectivity index (χ3n) is 3.89. The summed E-state index contributed by atoms with van der Waals surface area (Å²) >= 11 is 0. The summed E-state index contributed by atoms with van der Waals surface area (Å²) in [5.74, 6) is -0.855. The van der Waals surface area contributed by atoms with E-state index in [-0.39, 0.29) is 35.3 Å². The van der Waals surface area contributed by atoms with Crippen LogP contribution in [0.3, 0.4) is 0 Å². The van der Waals surface area contributed by atoms with Gasteiger partial charge in [-0.05, 0) is 24.9 Å². The van der Waals surface area contributed by atoms with Crippen LogP contribution in [0.2, 0.25) is 0 Å². The molecule has 0 saturated heterocycles. The summed E-state index contributed by atoms with van der Waals surface area (Å²) in [4.78, 5) is 40.9. The van der Waals surface area contributed by atoms with Crippen molar-refractivity contribution in [3.8, 4) is 11.5 Å². The van der Waals surface area contributed by atoms with Gasteiger partial charge < -0.3 is 29.7 Å². The number of esters is 1. The van der Waals surface area contributed by atoms with Gasteiger partial charge >= 0.3 is 13.6 Å². The van der Waals surface area contributed by atoms with E-state index in [0.717, 1.165) is 0 Å². The zero-order chi connectivity index (χ0) is 22.2. The fraction of sp³-hybridized carbons (Fsp3) is 0.588. The summed E-state index contributed by atoms with van der Waals surface area (Å²) < 4.78 is 27.1. The molecule has 0 aliphatic rings. The van der Waals surface area contributed by atoms with E-state index < -0.39 is 37.2 Å². The summed E-state index contributed by atoms with van der Waals surface area (Å²) in [5, 5.41) is 11.6. The molecule has 0 aromatic heterocycles. The zero-order valence-corrected chi connectivity index (χ0v) is 17.5. The number of hydrogen-bond donors (Lipinski definition) is 3. The maximum absolute atomic E-state index is 12.1. The molecule has 164 valence electrons. The normalized spacial score (nSPS) is 12.5. The molecule has 0 spiro atoms. The summed E-state index contributed by atoms with van der Waals surface area (Å²) in [7, 11) is -3.03. The van der Waals surface area contributed by atoms with Crippen LogP contribution in [-0.4, -0.2) is 47.1 Å². The third-order valence-corrected chi connectivity index (χ3v) is 4.70. The van der Waals surface area contributed by atoms with Gasteiger partial charge in [-0.15, -0.1) is 0 Å². The van der Waals surface area contributed by atoms with Crippen molar-refractivity contribution in [2.75, 3.05) is 26.4 Å². The topological polar surface area (TPSA) is 171 Å². The highest BCUT2D eigenvalue weighted by Crippen LogP contribution is 2.41. The van der Waals surface area contributed by atoms with Crippen molar-refractivity contribution in [2.45, 2.75) is 32.8 Å². The Labute approximate surface area is 168 Å². The molecule has 0 saturated carbocycles. The molecule has 29 heavy (non-hydrogen) atoms. The van der Waals surface area contributed by atoms with Crippen molar-refractivity contribution in [3.05, 3.63) is 27.8 Å². The molecule has 0 bridgehead atoms. The maximum Gasteiger partial charge on any atom is 0.326 e. The highest BCUT2D eigenvalue weighted by atomic mass is 31.2. The number of nitrogens with two attached hydrogens (primary N) is 1. The minimum absolute atomic E-state index is 0.0954. The van der Waals surface area contributed by atoms with Gasteiger partial charge in [-0.3, -0.25) is 19.5 Å². The highest BCUT2D eigenvalue weighted by Gasteiger charge is 2.31. The lowest BCUT2D eigenvalue weighted by molar-refractivity contribution is -0.386. The number of nitrogens with zero attached hydrogens (tertiary/aromatic N) is 1. The molecule has 1 aromatic carbocycles. The molecular formula is C17H27N2O9P. The van der Waals surface area contributed by atoms with E-state index in [4.69, 9.17) is 29.7 Å². The number of rotatable bonds is 12. The van der Waals surface area contributed by atoms with Crippen molar-refractivity contribution in [1.82, 2.24) is 0 Å². The van der Waals surface area contributed by atoms with Gasteiger partial charge in [-0.25, -0.2) is 0 Å². The molecule has 11 nitrogen and oxygen atoms in total. The predicted molar refractivity (Wildman–Crippen MR) is 104 cm³/mol. The van der Waals surface area contributed by atoms with Crippen LogP contribution in [-0.2, 0) is 14.1 Å². The van der Waals surface area contributed by atoms with Crippen LogP contribution in [0.4, 0.5) is 5.69 Å². The van der Waals surface area contributed by atoms with Crippen LogP contribution >= 0.6 is 7.60 Å². The molecule has 0 aliphatic carbocycles. The van der Waals surface area contributed by atoms with Gasteiger partial charge in [0.15, 0.2) is 11.5 Å². The Morgan fingerprint density at radius 1 is 1.31 bits per heavy atom. The van der Waals surface area contributed by atoms with E-state index in [1.54, 1.807) is 13.8 Å². The quantitative estimate of drug-likeness (QED) is 0.145. The lowest BCUT2D eigenvalue weighted by Crippen LogP contribution is -2.18. The van der Waals surface area contributed by atoms with Crippen molar-refractivity contribution in [3.63, 3.8) is 0 Å². The van der Waals surface area contributed by atoms with E-state index >= 15 is 0 Å². The molecule has 0 heterocycles. The fourth-order valence-corrected chi connectivity index (χ4v) is 2.96. The molecule has 1 atom stereocenters. The SMILES string of the molecule is COc1cc([N+](=O)[O-])c(C(OC(=O)CCP(=O)(O)O)C(C)C)cc1OCCCN. The second-order valence-electron chi connectivity index (χ2n) is 6.60. The van der Waals surface area contributed by atoms with E-state index in [9.17, 15) is 19.5 Å². The minimum Gasteiger partial charge on any atom is -0.493 e. The average molecular weight is 434 g/mol. The monoisotopic (exact) mass is 434 g/mol. The van der Waals surface area contributed by atoms with Crippen molar-refractivity contribution < 1.29 is 38.3 Å². The summed E-state index contributed by atoms with van der Waals surface area (Å²) in [6.45, 7) is 4.06. The molecular weight excluding hydrogens is 407 g/mol. The van der Waals surface area contributed by atoms with Gasteiger partial charge in [-0.2, -0.15) is 0 Å². The Kier molecular flexibility index (Phi) is 9.51. The molecule has 1 aromatic rings. The van der Waals surface area contributed by atoms with Crippen molar-refractivity contribution >= 4 is 19.3 Å². The number of carbonyl (C=O) groups is 1. The number of methoxy groups -OCH3 is 1. The van der Waals surface area contributed by atoms with E-state index in [1.165, 1.54) is 19.2 Å². The Morgan fingerprint density at radius 2 is 1.97 bits per heavy atom. The van der Waals surface area contributed by atoms with Crippen molar-refractivity contribution in [1.29, 1.82) is 0 Å². The first-order valence-electron chi connectivity index (χ1n) is 8.93. The van der Waals surface area contributed by atoms with Crippen LogP contribution < -0.4 is 15.2 Å². The Balaban J connectivity index is 3.27. The maximum atomic E-state index is 12.1. The zero-order valence-electron chi connectivity index (χ0n) is 16.6. The Hall–Kier alpha value is -2.20. The van der Waals surface area contributed by atoms with Gasteiger partial charge in [-0.1, -0.05) is 13.8 Å². The number of nitro groups is 1. The first kappa shape index (κ1) is 24.8. The van der Waals surface area contributed by atoms with Gasteiger partial charge in [0.05, 0.1) is 42.9 Å². The molecule has 0 aliphatic heterocycles. The number of carbonyl (C=O) groups excluding carboxylic acids is 1. The highest BCUT2D eigenvalue weighted by molar-refractivity contribution is 7.51. The van der Waals surface area contributed by atoms with Crippen LogP contribution in [0.25, 0.3) is 0 Å². The summed E-state index contributed by atoms with van der Waals surface area (Å²) in [6.07, 6.45) is -1.66. The van der Waals surface area contributed by atoms with Crippen LogP contribution in [0, 0.1) is 16.0 Å². The molecule has 4 N–H and O–H groups in total. The molecule has 1 rings (SSSR count). The largest absolute Gasteiger partial charge is 0.493 e. The Bertz CT molecular complexity index is 764. The first-order valence-corrected chi connectivity index (χ1v) is 10.7. The van der Waals surface area contributed by atoms with Gasteiger partial charge in [0.2, 0.25) is 0 Å². The smallest absolute Gasteiger partial charge is 0.326 e. The van der Waals surface area contributed by atoms with Crippen LogP contribution in [0.1, 0.15) is 38.4 Å². The second kappa shape index (κ2) is 11.1. The van der Waals surface area contributed by atoms with Gasteiger partial charge in [0, 0.05) is 0 Å². The fourth-order valence-electron chi connectivity index (χ4n) is 2.48. The predicted octanol–water partition coefficient (Wildman–Crippen LogP) is 2.14. The van der Waals surface area contributed by atoms with E-state index in [0.29, 0.717) is 13.0 Å². The van der Waals surface area contributed by atoms with E-state index in [2.05, 4.69) is 0 Å². The molecule has 0 fully saturated rings. The minimum atomic E-state index is -4.37. The summed E-state index contributed by atoms with van der Waals surface area (Å²) in [6, 6.07) is 2.57. The lowest BCUT2D eigenvalue weighted by Gasteiger charge is -2.23. The molecule has 0 amide bonds. The lowest BCUT2D eigenvalue weighted by atomic mass is 9.96. The van der Waals surface area contributed by atoms with Crippen LogP contribution in [0.15, 0.2) is 12.1 Å². The van der Waals surface area contributed by atoms with Crippen LogP contribution in [0.5, 0.6) is 11.5 Å². The second-order valence-corrected chi connectivity index (χ2v) is 8.38. The first-order chi connectivity index (χ1) is 13.5.